The van der Waals surface area contributed by atoms with Gasteiger partial charge in [0.05, 0.1) is 6.10 Å². The first-order valence-electron chi connectivity index (χ1n) is 6.70. The maximum atomic E-state index is 9.79. The Balaban J connectivity index is 2.19. The minimum absolute atomic E-state index is 0.362. The van der Waals surface area contributed by atoms with Crippen LogP contribution in [0.4, 0.5) is 11.4 Å². The summed E-state index contributed by atoms with van der Waals surface area (Å²) in [7, 11) is 2.05. The van der Waals surface area contributed by atoms with Crippen molar-refractivity contribution in [1.29, 1.82) is 0 Å². The van der Waals surface area contributed by atoms with Crippen molar-refractivity contribution in [3.63, 3.8) is 0 Å². The number of anilines is 2. The second-order valence-corrected chi connectivity index (χ2v) is 4.91. The van der Waals surface area contributed by atoms with Gasteiger partial charge in [0.15, 0.2) is 0 Å². The standard InChI is InChI=1S/C17H21NO/c1-4-17(19)14-7-11-16(12-8-14)18(3)15-9-5-13(2)6-10-15/h5-12,17,19H,4H2,1-3H3/t17-/m0/s1. The summed E-state index contributed by atoms with van der Waals surface area (Å²) in [4.78, 5) is 2.14. The van der Waals surface area contributed by atoms with E-state index in [0.717, 1.165) is 23.4 Å². The molecule has 19 heavy (non-hydrogen) atoms. The van der Waals surface area contributed by atoms with E-state index in [2.05, 4.69) is 43.1 Å². The van der Waals surface area contributed by atoms with E-state index in [1.165, 1.54) is 5.56 Å². The molecule has 0 unspecified atom stereocenters. The lowest BCUT2D eigenvalue weighted by molar-refractivity contribution is 0.173. The molecule has 0 aromatic heterocycles. The van der Waals surface area contributed by atoms with Crippen LogP contribution >= 0.6 is 0 Å². The topological polar surface area (TPSA) is 23.5 Å². The quantitative estimate of drug-likeness (QED) is 0.884. The number of benzene rings is 2. The van der Waals surface area contributed by atoms with Crippen LogP contribution in [-0.2, 0) is 0 Å². The number of aliphatic hydroxyl groups excluding tert-OH is 1. The summed E-state index contributed by atoms with van der Waals surface area (Å²) >= 11 is 0. The Morgan fingerprint density at radius 2 is 1.42 bits per heavy atom. The van der Waals surface area contributed by atoms with E-state index in [1.54, 1.807) is 0 Å². The highest BCUT2D eigenvalue weighted by molar-refractivity contribution is 5.62. The first kappa shape index (κ1) is 13.6. The van der Waals surface area contributed by atoms with Gasteiger partial charge >= 0.3 is 0 Å². The monoisotopic (exact) mass is 255 g/mol. The average molecular weight is 255 g/mol. The number of rotatable bonds is 4. The number of aliphatic hydroxyl groups is 1. The van der Waals surface area contributed by atoms with Crippen LogP contribution in [0.25, 0.3) is 0 Å². The van der Waals surface area contributed by atoms with Crippen LogP contribution in [0.5, 0.6) is 0 Å². The van der Waals surface area contributed by atoms with E-state index in [4.69, 9.17) is 0 Å². The van der Waals surface area contributed by atoms with Crippen LogP contribution < -0.4 is 4.90 Å². The van der Waals surface area contributed by atoms with Gasteiger partial charge in [-0.15, -0.1) is 0 Å². The van der Waals surface area contributed by atoms with Gasteiger partial charge in [-0.25, -0.2) is 0 Å². The maximum absolute atomic E-state index is 9.79. The van der Waals surface area contributed by atoms with Crippen LogP contribution in [0.15, 0.2) is 48.5 Å². The van der Waals surface area contributed by atoms with E-state index in [-0.39, 0.29) is 6.10 Å². The minimum atomic E-state index is -0.362. The van der Waals surface area contributed by atoms with E-state index < -0.39 is 0 Å². The van der Waals surface area contributed by atoms with E-state index in [1.807, 2.05) is 31.2 Å². The number of hydrogen-bond donors (Lipinski definition) is 1. The fourth-order valence-corrected chi connectivity index (χ4v) is 2.07. The van der Waals surface area contributed by atoms with Crippen molar-refractivity contribution < 1.29 is 5.11 Å². The van der Waals surface area contributed by atoms with Crippen LogP contribution in [0.2, 0.25) is 0 Å². The zero-order valence-electron chi connectivity index (χ0n) is 11.8. The predicted octanol–water partition coefficient (Wildman–Crippen LogP) is 4.21. The molecule has 0 saturated carbocycles. The van der Waals surface area contributed by atoms with Crippen molar-refractivity contribution in [1.82, 2.24) is 0 Å². The van der Waals surface area contributed by atoms with Crippen molar-refractivity contribution in [2.45, 2.75) is 26.4 Å². The predicted molar refractivity (Wildman–Crippen MR) is 80.9 cm³/mol. The SMILES string of the molecule is CC[C@H](O)c1ccc(N(C)c2ccc(C)cc2)cc1. The highest BCUT2D eigenvalue weighted by atomic mass is 16.3. The van der Waals surface area contributed by atoms with Crippen LogP contribution in [0.3, 0.4) is 0 Å². The van der Waals surface area contributed by atoms with Crippen molar-refractivity contribution in [2.75, 3.05) is 11.9 Å². The van der Waals surface area contributed by atoms with Crippen molar-refractivity contribution in [3.05, 3.63) is 59.7 Å². The molecule has 0 amide bonds. The summed E-state index contributed by atoms with van der Waals surface area (Å²) in [6, 6.07) is 16.5. The smallest absolute Gasteiger partial charge is 0.0787 e. The van der Waals surface area contributed by atoms with Gasteiger partial charge in [0.25, 0.3) is 0 Å². The third kappa shape index (κ3) is 3.15. The number of hydrogen-bond acceptors (Lipinski definition) is 2. The normalized spacial score (nSPS) is 12.2. The zero-order valence-corrected chi connectivity index (χ0v) is 11.8. The van der Waals surface area contributed by atoms with E-state index >= 15 is 0 Å². The number of nitrogens with zero attached hydrogens (tertiary/aromatic N) is 1. The van der Waals surface area contributed by atoms with Crippen molar-refractivity contribution >= 4 is 11.4 Å². The van der Waals surface area contributed by atoms with Gasteiger partial charge in [-0.1, -0.05) is 36.8 Å². The van der Waals surface area contributed by atoms with Gasteiger partial charge in [0.1, 0.15) is 0 Å². The zero-order chi connectivity index (χ0) is 13.8. The molecule has 0 heterocycles. The Kier molecular flexibility index (Phi) is 4.23. The van der Waals surface area contributed by atoms with Crippen LogP contribution in [0, 0.1) is 6.92 Å². The van der Waals surface area contributed by atoms with Gasteiger partial charge in [-0.05, 0) is 43.2 Å². The molecule has 1 N–H and O–H groups in total. The molecule has 2 aromatic rings. The molecule has 0 aliphatic heterocycles. The van der Waals surface area contributed by atoms with Gasteiger partial charge in [0.2, 0.25) is 0 Å². The Bertz CT molecular complexity index is 516. The lowest BCUT2D eigenvalue weighted by Crippen LogP contribution is -2.09. The summed E-state index contributed by atoms with van der Waals surface area (Å²) < 4.78 is 0. The van der Waals surface area contributed by atoms with Crippen LogP contribution in [0.1, 0.15) is 30.6 Å². The van der Waals surface area contributed by atoms with E-state index in [0.29, 0.717) is 0 Å². The van der Waals surface area contributed by atoms with Crippen molar-refractivity contribution in [2.24, 2.45) is 0 Å². The largest absolute Gasteiger partial charge is 0.388 e. The summed E-state index contributed by atoms with van der Waals surface area (Å²) in [5.74, 6) is 0. The molecule has 2 nitrogen and oxygen atoms in total. The highest BCUT2D eigenvalue weighted by Crippen LogP contribution is 2.26. The van der Waals surface area contributed by atoms with E-state index in [9.17, 15) is 5.11 Å². The summed E-state index contributed by atoms with van der Waals surface area (Å²) in [6.07, 6.45) is 0.381. The molecule has 0 spiro atoms. The second kappa shape index (κ2) is 5.89. The lowest BCUT2D eigenvalue weighted by Gasteiger charge is -2.20. The molecule has 0 radical (unpaired) electrons. The first-order valence-corrected chi connectivity index (χ1v) is 6.70. The van der Waals surface area contributed by atoms with Gasteiger partial charge in [0, 0.05) is 18.4 Å². The third-order valence-corrected chi connectivity index (χ3v) is 3.47. The second-order valence-electron chi connectivity index (χ2n) is 4.91. The molecule has 2 heteroatoms. The number of aryl methyl sites for hydroxylation is 1. The molecule has 0 saturated heterocycles. The summed E-state index contributed by atoms with van der Waals surface area (Å²) in [5.41, 5.74) is 4.52. The molecule has 0 aliphatic carbocycles. The van der Waals surface area contributed by atoms with Gasteiger partial charge in [-0.3, -0.25) is 0 Å². The summed E-state index contributed by atoms with van der Waals surface area (Å²) in [5, 5.41) is 9.79. The molecule has 2 aromatic carbocycles. The van der Waals surface area contributed by atoms with Gasteiger partial charge < -0.3 is 10.0 Å². The molecule has 0 fully saturated rings. The Morgan fingerprint density at radius 3 is 1.89 bits per heavy atom. The fourth-order valence-electron chi connectivity index (χ4n) is 2.07. The van der Waals surface area contributed by atoms with Gasteiger partial charge in [-0.2, -0.15) is 0 Å². The maximum Gasteiger partial charge on any atom is 0.0787 e. The average Bonchev–Trinajstić information content (AvgIpc) is 2.46. The highest BCUT2D eigenvalue weighted by Gasteiger charge is 2.07. The molecular weight excluding hydrogens is 234 g/mol. The molecular formula is C17H21NO. The van der Waals surface area contributed by atoms with Crippen molar-refractivity contribution in [3.8, 4) is 0 Å². The first-order chi connectivity index (χ1) is 9.11. The van der Waals surface area contributed by atoms with Crippen LogP contribution in [-0.4, -0.2) is 12.2 Å². The third-order valence-electron chi connectivity index (χ3n) is 3.47. The lowest BCUT2D eigenvalue weighted by atomic mass is 10.1. The Morgan fingerprint density at radius 1 is 0.947 bits per heavy atom. The molecule has 100 valence electrons. The Hall–Kier alpha value is -1.80. The summed E-state index contributed by atoms with van der Waals surface area (Å²) in [6.45, 7) is 4.07. The fraction of sp³-hybridized carbons (Fsp3) is 0.294. The molecule has 0 bridgehead atoms. The Labute approximate surface area is 115 Å². The molecule has 2 rings (SSSR count). The molecule has 0 aliphatic rings. The molecule has 1 atom stereocenters. The minimum Gasteiger partial charge on any atom is -0.388 e.